The van der Waals surface area contributed by atoms with Crippen molar-refractivity contribution < 1.29 is 9.90 Å². The standard InChI is InChI=1S/C19H24N4O2/c24-19(25)16-12-21-18(14-20-16)22-13-17(15-8-4-3-5-9-15)23-10-6-1-2-7-11-23/h3-5,8-9,12,14,17H,1-2,6-7,10-11,13H2,(H,21,22)(H,24,25). The van der Waals surface area contributed by atoms with Gasteiger partial charge in [-0.25, -0.2) is 14.8 Å². The lowest BCUT2D eigenvalue weighted by atomic mass is 10.0. The maximum absolute atomic E-state index is 10.9. The van der Waals surface area contributed by atoms with E-state index < -0.39 is 5.97 Å². The molecular weight excluding hydrogens is 316 g/mol. The number of carbonyl (C=O) groups is 1. The van der Waals surface area contributed by atoms with E-state index >= 15 is 0 Å². The van der Waals surface area contributed by atoms with Crippen molar-refractivity contribution in [2.24, 2.45) is 0 Å². The highest BCUT2D eigenvalue weighted by Crippen LogP contribution is 2.24. The van der Waals surface area contributed by atoms with Crippen LogP contribution in [0.4, 0.5) is 5.82 Å². The van der Waals surface area contributed by atoms with Crippen molar-refractivity contribution >= 4 is 11.8 Å². The van der Waals surface area contributed by atoms with E-state index in [2.05, 4.69) is 44.5 Å². The van der Waals surface area contributed by atoms with Crippen molar-refractivity contribution in [3.63, 3.8) is 0 Å². The average Bonchev–Trinajstić information content (AvgIpc) is 2.93. The summed E-state index contributed by atoms with van der Waals surface area (Å²) in [6, 6.07) is 10.8. The molecule has 0 aliphatic carbocycles. The fraction of sp³-hybridized carbons (Fsp3) is 0.421. The number of carboxylic acids is 1. The lowest BCUT2D eigenvalue weighted by Gasteiger charge is -2.31. The van der Waals surface area contributed by atoms with Crippen LogP contribution in [0.1, 0.15) is 47.8 Å². The number of nitrogens with zero attached hydrogens (tertiary/aromatic N) is 3. The molecule has 1 aromatic heterocycles. The van der Waals surface area contributed by atoms with Crippen molar-refractivity contribution in [2.75, 3.05) is 25.0 Å². The van der Waals surface area contributed by atoms with Crippen molar-refractivity contribution in [3.05, 3.63) is 54.0 Å². The lowest BCUT2D eigenvalue weighted by Crippen LogP contribution is -2.34. The number of hydrogen-bond acceptors (Lipinski definition) is 5. The Kier molecular flexibility index (Phi) is 5.95. The smallest absolute Gasteiger partial charge is 0.356 e. The van der Waals surface area contributed by atoms with E-state index in [1.165, 1.54) is 43.6 Å². The SMILES string of the molecule is O=C(O)c1cnc(NCC(c2ccccc2)N2CCCCCC2)cn1. The van der Waals surface area contributed by atoms with Gasteiger partial charge >= 0.3 is 5.97 Å². The number of hydrogen-bond donors (Lipinski definition) is 2. The minimum atomic E-state index is -1.06. The third-order valence-electron chi connectivity index (χ3n) is 4.61. The van der Waals surface area contributed by atoms with E-state index in [1.807, 2.05) is 6.07 Å². The molecule has 6 heteroatoms. The van der Waals surface area contributed by atoms with Gasteiger partial charge in [0.05, 0.1) is 18.4 Å². The Morgan fingerprint density at radius 2 is 1.80 bits per heavy atom. The van der Waals surface area contributed by atoms with Crippen LogP contribution in [-0.4, -0.2) is 45.6 Å². The van der Waals surface area contributed by atoms with Crippen molar-refractivity contribution in [1.29, 1.82) is 0 Å². The van der Waals surface area contributed by atoms with Gasteiger partial charge < -0.3 is 10.4 Å². The second-order valence-corrected chi connectivity index (χ2v) is 6.35. The topological polar surface area (TPSA) is 78.3 Å². The first kappa shape index (κ1) is 17.4. The first-order chi connectivity index (χ1) is 12.2. The average molecular weight is 340 g/mol. The van der Waals surface area contributed by atoms with Gasteiger partial charge in [-0.3, -0.25) is 4.90 Å². The molecule has 1 fully saturated rings. The van der Waals surface area contributed by atoms with Gasteiger partial charge in [-0.05, 0) is 31.5 Å². The van der Waals surface area contributed by atoms with Crippen LogP contribution in [0.3, 0.4) is 0 Å². The molecule has 1 aliphatic heterocycles. The van der Waals surface area contributed by atoms with Crippen LogP contribution in [0, 0.1) is 0 Å². The van der Waals surface area contributed by atoms with Crippen molar-refractivity contribution in [1.82, 2.24) is 14.9 Å². The zero-order valence-corrected chi connectivity index (χ0v) is 14.3. The fourth-order valence-corrected chi connectivity index (χ4v) is 3.27. The summed E-state index contributed by atoms with van der Waals surface area (Å²) < 4.78 is 0. The first-order valence-electron chi connectivity index (χ1n) is 8.82. The van der Waals surface area contributed by atoms with Crippen LogP contribution in [0.25, 0.3) is 0 Å². The van der Waals surface area contributed by atoms with E-state index in [9.17, 15) is 4.79 Å². The third kappa shape index (κ3) is 4.76. The molecule has 25 heavy (non-hydrogen) atoms. The molecule has 2 aromatic rings. The van der Waals surface area contributed by atoms with Crippen LogP contribution in [0.5, 0.6) is 0 Å². The zero-order chi connectivity index (χ0) is 17.5. The molecule has 1 aliphatic rings. The molecule has 1 aromatic carbocycles. The minimum absolute atomic E-state index is 0.0438. The van der Waals surface area contributed by atoms with E-state index in [1.54, 1.807) is 0 Å². The van der Waals surface area contributed by atoms with Gasteiger partial charge in [0, 0.05) is 6.54 Å². The number of carboxylic acid groups (broad SMARTS) is 1. The van der Waals surface area contributed by atoms with E-state index in [0.29, 0.717) is 12.4 Å². The second kappa shape index (κ2) is 8.58. The van der Waals surface area contributed by atoms with Gasteiger partial charge in [0.15, 0.2) is 5.69 Å². The normalized spacial score (nSPS) is 16.8. The van der Waals surface area contributed by atoms with Gasteiger partial charge in [0.1, 0.15) is 5.82 Å². The molecule has 1 unspecified atom stereocenters. The molecule has 2 N–H and O–H groups in total. The van der Waals surface area contributed by atoms with Gasteiger partial charge in [0.25, 0.3) is 0 Å². The van der Waals surface area contributed by atoms with Gasteiger partial charge in [0.2, 0.25) is 0 Å². The molecule has 0 saturated carbocycles. The number of anilines is 1. The molecular formula is C19H24N4O2. The molecule has 0 spiro atoms. The predicted molar refractivity (Wildman–Crippen MR) is 96.7 cm³/mol. The highest BCUT2D eigenvalue weighted by Gasteiger charge is 2.21. The number of benzene rings is 1. The predicted octanol–water partition coefficient (Wildman–Crippen LogP) is 3.20. The molecule has 0 amide bonds. The Balaban J connectivity index is 1.72. The molecule has 0 bridgehead atoms. The fourth-order valence-electron chi connectivity index (χ4n) is 3.27. The lowest BCUT2D eigenvalue weighted by molar-refractivity contribution is 0.0690. The summed E-state index contributed by atoms with van der Waals surface area (Å²) in [5.74, 6) is -0.466. The van der Waals surface area contributed by atoms with E-state index in [0.717, 1.165) is 13.1 Å². The first-order valence-corrected chi connectivity index (χ1v) is 8.82. The Morgan fingerprint density at radius 1 is 1.08 bits per heavy atom. The highest BCUT2D eigenvalue weighted by molar-refractivity contribution is 5.84. The molecule has 3 rings (SSSR count). The van der Waals surface area contributed by atoms with Crippen molar-refractivity contribution in [2.45, 2.75) is 31.7 Å². The molecule has 1 saturated heterocycles. The Morgan fingerprint density at radius 3 is 2.40 bits per heavy atom. The van der Waals surface area contributed by atoms with Crippen LogP contribution < -0.4 is 5.32 Å². The van der Waals surface area contributed by atoms with E-state index in [4.69, 9.17) is 5.11 Å². The molecule has 2 heterocycles. The Hall–Kier alpha value is -2.47. The van der Waals surface area contributed by atoms with Crippen LogP contribution in [0.2, 0.25) is 0 Å². The monoisotopic (exact) mass is 340 g/mol. The number of aromatic nitrogens is 2. The van der Waals surface area contributed by atoms with Crippen LogP contribution in [0.15, 0.2) is 42.7 Å². The maximum atomic E-state index is 10.9. The zero-order valence-electron chi connectivity index (χ0n) is 14.3. The molecule has 0 radical (unpaired) electrons. The Labute approximate surface area is 147 Å². The van der Waals surface area contributed by atoms with E-state index in [-0.39, 0.29) is 11.7 Å². The summed E-state index contributed by atoms with van der Waals surface area (Å²) in [5, 5.41) is 12.2. The Bertz CT molecular complexity index is 668. The largest absolute Gasteiger partial charge is 0.476 e. The summed E-state index contributed by atoms with van der Waals surface area (Å²) in [7, 11) is 0. The van der Waals surface area contributed by atoms with Crippen LogP contribution in [-0.2, 0) is 0 Å². The number of likely N-dealkylation sites (tertiary alicyclic amines) is 1. The summed E-state index contributed by atoms with van der Waals surface area (Å²) in [6.45, 7) is 2.92. The van der Waals surface area contributed by atoms with Crippen molar-refractivity contribution in [3.8, 4) is 0 Å². The molecule has 1 atom stereocenters. The molecule has 132 valence electrons. The molecule has 6 nitrogen and oxygen atoms in total. The number of nitrogens with one attached hydrogen (secondary N) is 1. The minimum Gasteiger partial charge on any atom is -0.476 e. The summed E-state index contributed by atoms with van der Waals surface area (Å²) in [5.41, 5.74) is 1.24. The van der Waals surface area contributed by atoms with Gasteiger partial charge in [-0.15, -0.1) is 0 Å². The van der Waals surface area contributed by atoms with Crippen LogP contribution >= 0.6 is 0 Å². The summed E-state index contributed by atoms with van der Waals surface area (Å²) in [6.07, 6.45) is 7.83. The number of aromatic carboxylic acids is 1. The summed E-state index contributed by atoms with van der Waals surface area (Å²) in [4.78, 5) is 21.5. The summed E-state index contributed by atoms with van der Waals surface area (Å²) >= 11 is 0. The van der Waals surface area contributed by atoms with Gasteiger partial charge in [-0.1, -0.05) is 43.2 Å². The third-order valence-corrected chi connectivity index (χ3v) is 4.61. The number of rotatable bonds is 6. The quantitative estimate of drug-likeness (QED) is 0.841. The second-order valence-electron chi connectivity index (χ2n) is 6.35. The highest BCUT2D eigenvalue weighted by atomic mass is 16.4. The van der Waals surface area contributed by atoms with Gasteiger partial charge in [-0.2, -0.15) is 0 Å². The maximum Gasteiger partial charge on any atom is 0.356 e.